The number of carbonyl (C=O) groups is 2. The molecule has 1 aliphatic rings. The zero-order valence-electron chi connectivity index (χ0n) is 13.9. The summed E-state index contributed by atoms with van der Waals surface area (Å²) in [5.74, 6) is -0.0442. The van der Waals surface area contributed by atoms with Crippen LogP contribution in [0.25, 0.3) is 0 Å². The minimum atomic E-state index is -0.515. The molecule has 1 aliphatic heterocycles. The zero-order valence-corrected chi connectivity index (χ0v) is 13.9. The minimum Gasteiger partial charge on any atom is -0.444 e. The highest BCUT2D eigenvalue weighted by Gasteiger charge is 2.31. The lowest BCUT2D eigenvalue weighted by molar-refractivity contribution is -0.136. The van der Waals surface area contributed by atoms with Crippen LogP contribution in [-0.4, -0.2) is 59.6 Å². The molecule has 1 saturated heterocycles. The van der Waals surface area contributed by atoms with E-state index in [1.165, 1.54) is 0 Å². The Balaban J connectivity index is 2.65. The molecule has 1 fully saturated rings. The summed E-state index contributed by atoms with van der Waals surface area (Å²) in [5.41, 5.74) is 5.19. The van der Waals surface area contributed by atoms with Crippen LogP contribution in [0.1, 0.15) is 47.0 Å². The van der Waals surface area contributed by atoms with Gasteiger partial charge < -0.3 is 20.3 Å². The van der Waals surface area contributed by atoms with Gasteiger partial charge in [0.25, 0.3) is 0 Å². The Kier molecular flexibility index (Phi) is 6.01. The van der Waals surface area contributed by atoms with E-state index in [1.807, 2.05) is 25.7 Å². The van der Waals surface area contributed by atoms with Gasteiger partial charge >= 0.3 is 6.09 Å². The molecule has 0 saturated carbocycles. The molecule has 0 bridgehead atoms. The third-order valence-electron chi connectivity index (χ3n) is 3.49. The van der Waals surface area contributed by atoms with Crippen molar-refractivity contribution < 1.29 is 14.3 Å². The molecule has 6 nitrogen and oxygen atoms in total. The van der Waals surface area contributed by atoms with E-state index in [-0.39, 0.29) is 18.0 Å². The summed E-state index contributed by atoms with van der Waals surface area (Å²) >= 11 is 0. The highest BCUT2D eigenvalue weighted by molar-refractivity contribution is 5.81. The molecule has 2 amide bonds. The van der Waals surface area contributed by atoms with Gasteiger partial charge in [-0.05, 0) is 47.0 Å². The van der Waals surface area contributed by atoms with Gasteiger partial charge in [-0.3, -0.25) is 4.79 Å². The number of nitrogens with zero attached hydrogens (tertiary/aromatic N) is 2. The number of ether oxygens (including phenoxy) is 1. The summed E-state index contributed by atoms with van der Waals surface area (Å²) < 4.78 is 5.34. The third-order valence-corrected chi connectivity index (χ3v) is 3.49. The molecule has 1 heterocycles. The molecule has 0 aromatic carbocycles. The van der Waals surface area contributed by atoms with Crippen molar-refractivity contribution >= 4 is 12.0 Å². The molecular formula is C15H29N3O3. The molecule has 0 unspecified atom stereocenters. The lowest BCUT2D eigenvalue weighted by atomic mass is 10.0. The van der Waals surface area contributed by atoms with Crippen LogP contribution in [0.2, 0.25) is 0 Å². The topological polar surface area (TPSA) is 75.9 Å². The fourth-order valence-corrected chi connectivity index (χ4v) is 2.47. The first kappa shape index (κ1) is 17.8. The van der Waals surface area contributed by atoms with E-state index in [0.29, 0.717) is 13.1 Å². The molecule has 21 heavy (non-hydrogen) atoms. The summed E-state index contributed by atoms with van der Waals surface area (Å²) in [5, 5.41) is 0. The Hall–Kier alpha value is -1.30. The first-order chi connectivity index (χ1) is 9.61. The van der Waals surface area contributed by atoms with Gasteiger partial charge in [0.1, 0.15) is 5.60 Å². The predicted octanol–water partition coefficient (Wildman–Crippen LogP) is 1.58. The maximum absolute atomic E-state index is 12.2. The number of hydrogen-bond acceptors (Lipinski definition) is 4. The fraction of sp³-hybridized carbons (Fsp3) is 0.867. The molecule has 122 valence electrons. The SMILES string of the molecule is C[C@H](N)C(=O)N1CCCC[C@@H]1CN(C)C(=O)OC(C)(C)C. The van der Waals surface area contributed by atoms with E-state index in [1.54, 1.807) is 18.9 Å². The van der Waals surface area contributed by atoms with E-state index in [9.17, 15) is 9.59 Å². The Bertz CT molecular complexity index is 377. The van der Waals surface area contributed by atoms with Crippen molar-refractivity contribution in [2.75, 3.05) is 20.1 Å². The average molecular weight is 299 g/mol. The van der Waals surface area contributed by atoms with Gasteiger partial charge in [-0.1, -0.05) is 0 Å². The summed E-state index contributed by atoms with van der Waals surface area (Å²) in [4.78, 5) is 27.5. The maximum Gasteiger partial charge on any atom is 0.410 e. The number of rotatable bonds is 3. The second kappa shape index (κ2) is 7.11. The molecule has 2 N–H and O–H groups in total. The zero-order chi connectivity index (χ0) is 16.2. The van der Waals surface area contributed by atoms with Gasteiger partial charge in [0.05, 0.1) is 6.04 Å². The van der Waals surface area contributed by atoms with E-state index in [4.69, 9.17) is 10.5 Å². The number of carbonyl (C=O) groups excluding carboxylic acids is 2. The van der Waals surface area contributed by atoms with Crippen LogP contribution < -0.4 is 5.73 Å². The summed E-state index contributed by atoms with van der Waals surface area (Å²) in [6.07, 6.45) is 2.59. The second-order valence-electron chi connectivity index (χ2n) is 6.83. The molecule has 0 aromatic rings. The molecule has 0 aliphatic carbocycles. The van der Waals surface area contributed by atoms with Gasteiger partial charge in [0.15, 0.2) is 0 Å². The highest BCUT2D eigenvalue weighted by atomic mass is 16.6. The van der Waals surface area contributed by atoms with Gasteiger partial charge in [-0.25, -0.2) is 4.79 Å². The Morgan fingerprint density at radius 1 is 1.38 bits per heavy atom. The van der Waals surface area contributed by atoms with Crippen LogP contribution in [0.15, 0.2) is 0 Å². The van der Waals surface area contributed by atoms with Crippen molar-refractivity contribution in [2.45, 2.75) is 64.6 Å². The monoisotopic (exact) mass is 299 g/mol. The smallest absolute Gasteiger partial charge is 0.410 e. The summed E-state index contributed by atoms with van der Waals surface area (Å²) in [6, 6.07) is -0.479. The first-order valence-electron chi connectivity index (χ1n) is 7.62. The van der Waals surface area contributed by atoms with Crippen LogP contribution in [0.3, 0.4) is 0 Å². The normalized spacial score (nSPS) is 20.9. The van der Waals surface area contributed by atoms with E-state index in [2.05, 4.69) is 0 Å². The number of amides is 2. The molecule has 0 spiro atoms. The largest absolute Gasteiger partial charge is 0.444 e. The Morgan fingerprint density at radius 2 is 2.00 bits per heavy atom. The predicted molar refractivity (Wildman–Crippen MR) is 81.9 cm³/mol. The second-order valence-corrected chi connectivity index (χ2v) is 6.83. The third kappa shape index (κ3) is 5.53. The van der Waals surface area contributed by atoms with Crippen molar-refractivity contribution in [2.24, 2.45) is 5.73 Å². The van der Waals surface area contributed by atoms with Crippen molar-refractivity contribution in [1.29, 1.82) is 0 Å². The molecule has 1 rings (SSSR count). The molecule has 0 radical (unpaired) electrons. The van der Waals surface area contributed by atoms with Gasteiger partial charge in [-0.15, -0.1) is 0 Å². The van der Waals surface area contributed by atoms with Crippen LogP contribution >= 0.6 is 0 Å². The van der Waals surface area contributed by atoms with Crippen molar-refractivity contribution in [3.63, 3.8) is 0 Å². The number of piperidine rings is 1. The van der Waals surface area contributed by atoms with E-state index < -0.39 is 11.6 Å². The lowest BCUT2D eigenvalue weighted by Crippen LogP contribution is -2.54. The van der Waals surface area contributed by atoms with Gasteiger partial charge in [-0.2, -0.15) is 0 Å². The Labute approximate surface area is 127 Å². The van der Waals surface area contributed by atoms with E-state index in [0.717, 1.165) is 19.3 Å². The number of likely N-dealkylation sites (N-methyl/N-ethyl adjacent to an activating group) is 1. The van der Waals surface area contributed by atoms with E-state index >= 15 is 0 Å². The highest BCUT2D eigenvalue weighted by Crippen LogP contribution is 2.19. The van der Waals surface area contributed by atoms with Crippen molar-refractivity contribution in [3.8, 4) is 0 Å². The van der Waals surface area contributed by atoms with Gasteiger partial charge in [0.2, 0.25) is 5.91 Å². The molecule has 6 heteroatoms. The number of nitrogens with two attached hydrogens (primary N) is 1. The number of hydrogen-bond donors (Lipinski definition) is 1. The summed E-state index contributed by atoms with van der Waals surface area (Å²) in [6.45, 7) is 8.41. The quantitative estimate of drug-likeness (QED) is 0.858. The van der Waals surface area contributed by atoms with Crippen LogP contribution in [0, 0.1) is 0 Å². The fourth-order valence-electron chi connectivity index (χ4n) is 2.47. The molecule has 2 atom stereocenters. The van der Waals surface area contributed by atoms with Crippen LogP contribution in [0.4, 0.5) is 4.79 Å². The Morgan fingerprint density at radius 3 is 2.52 bits per heavy atom. The van der Waals surface area contributed by atoms with Crippen molar-refractivity contribution in [3.05, 3.63) is 0 Å². The van der Waals surface area contributed by atoms with Crippen molar-refractivity contribution in [1.82, 2.24) is 9.80 Å². The maximum atomic E-state index is 12.2. The van der Waals surface area contributed by atoms with Crippen LogP contribution in [0.5, 0.6) is 0 Å². The first-order valence-corrected chi connectivity index (χ1v) is 7.62. The molecule has 0 aromatic heterocycles. The molecular weight excluding hydrogens is 270 g/mol. The standard InChI is InChI=1S/C15H29N3O3/c1-11(16)13(19)18-9-7-6-8-12(18)10-17(5)14(20)21-15(2,3)4/h11-12H,6-10,16H2,1-5H3/t11-,12+/m0/s1. The minimum absolute atomic E-state index is 0.0229. The lowest BCUT2D eigenvalue weighted by Gasteiger charge is -2.38. The average Bonchev–Trinajstić information content (AvgIpc) is 2.36. The van der Waals surface area contributed by atoms with Crippen LogP contribution in [-0.2, 0) is 9.53 Å². The van der Waals surface area contributed by atoms with Gasteiger partial charge in [0, 0.05) is 26.2 Å². The summed E-state index contributed by atoms with van der Waals surface area (Å²) in [7, 11) is 1.71. The number of likely N-dealkylation sites (tertiary alicyclic amines) is 1.